The summed E-state index contributed by atoms with van der Waals surface area (Å²) >= 11 is 6.31. The van der Waals surface area contributed by atoms with Crippen LogP contribution in [0.3, 0.4) is 0 Å². The number of anilines is 2. The van der Waals surface area contributed by atoms with Gasteiger partial charge in [-0.05, 0) is 37.8 Å². The number of rotatable bonds is 4. The van der Waals surface area contributed by atoms with Crippen LogP contribution in [0.25, 0.3) is 11.4 Å². The summed E-state index contributed by atoms with van der Waals surface area (Å²) in [6.45, 7) is 3.03. The Bertz CT molecular complexity index is 1390. The number of sulfonamides is 1. The van der Waals surface area contributed by atoms with E-state index in [0.717, 1.165) is 23.1 Å². The van der Waals surface area contributed by atoms with E-state index in [1.165, 1.54) is 15.2 Å². The second-order valence-electron chi connectivity index (χ2n) is 8.86. The Morgan fingerprint density at radius 1 is 1.20 bits per heavy atom. The highest BCUT2D eigenvalue weighted by molar-refractivity contribution is 7.88. The van der Waals surface area contributed by atoms with Crippen LogP contribution in [0.5, 0.6) is 0 Å². The molecule has 5 heterocycles. The maximum absolute atomic E-state index is 13.8. The molecule has 5 rings (SSSR count). The summed E-state index contributed by atoms with van der Waals surface area (Å²) in [5.74, 6) is 0.0193. The van der Waals surface area contributed by atoms with Gasteiger partial charge in [-0.3, -0.25) is 4.68 Å². The molecule has 0 radical (unpaired) electrons. The van der Waals surface area contributed by atoms with E-state index in [1.807, 2.05) is 17.6 Å². The molecule has 0 spiro atoms. The van der Waals surface area contributed by atoms with Gasteiger partial charge < -0.3 is 9.88 Å². The predicted molar refractivity (Wildman–Crippen MR) is 124 cm³/mol. The molecule has 2 aliphatic heterocycles. The fraction of sp³-hybridized carbons (Fsp3) is 0.476. The van der Waals surface area contributed by atoms with Crippen LogP contribution in [0, 0.1) is 6.92 Å². The molecule has 0 amide bonds. The van der Waals surface area contributed by atoms with Crippen molar-refractivity contribution in [1.82, 2.24) is 28.6 Å². The van der Waals surface area contributed by atoms with Gasteiger partial charge in [0.1, 0.15) is 5.15 Å². The van der Waals surface area contributed by atoms with Crippen LogP contribution in [0.2, 0.25) is 5.15 Å². The summed E-state index contributed by atoms with van der Waals surface area (Å²) in [7, 11) is -3.34. The first kappa shape index (κ1) is 24.1. The minimum absolute atomic E-state index is 0.0193. The van der Waals surface area contributed by atoms with Crippen LogP contribution in [0.4, 0.5) is 24.8 Å². The number of aromatic nitrogens is 5. The minimum atomic E-state index is -4.70. The molecule has 2 aliphatic rings. The van der Waals surface area contributed by atoms with Gasteiger partial charge in [-0.25, -0.2) is 22.7 Å². The highest BCUT2D eigenvalue weighted by Crippen LogP contribution is 2.38. The van der Waals surface area contributed by atoms with Crippen LogP contribution in [-0.4, -0.2) is 56.4 Å². The van der Waals surface area contributed by atoms with E-state index in [-0.39, 0.29) is 30.8 Å². The Morgan fingerprint density at radius 3 is 2.57 bits per heavy atom. The zero-order valence-electron chi connectivity index (χ0n) is 19.0. The van der Waals surface area contributed by atoms with Crippen molar-refractivity contribution in [2.75, 3.05) is 24.7 Å². The van der Waals surface area contributed by atoms with Crippen molar-refractivity contribution >= 4 is 33.3 Å². The van der Waals surface area contributed by atoms with Gasteiger partial charge in [0, 0.05) is 37.6 Å². The van der Waals surface area contributed by atoms with Crippen molar-refractivity contribution < 1.29 is 21.6 Å². The van der Waals surface area contributed by atoms with Gasteiger partial charge in [0.2, 0.25) is 16.0 Å². The third-order valence-corrected chi connectivity index (χ3v) is 8.06. The molecule has 0 unspecified atom stereocenters. The second kappa shape index (κ2) is 8.49. The SMILES string of the molecule is Cc1cc(Cl)n2c1-c1nc(Nc3cn(C4CCN(S(C)(=O)=O)CC4)nc3C(F)(F)F)ncc1CC2. The average molecular weight is 530 g/mol. The number of nitrogens with zero attached hydrogens (tertiary/aromatic N) is 6. The van der Waals surface area contributed by atoms with Crippen molar-refractivity contribution in [2.45, 2.75) is 44.9 Å². The summed E-state index contributed by atoms with van der Waals surface area (Å²) in [6.07, 6.45) is 0.707. The van der Waals surface area contributed by atoms with Crippen LogP contribution < -0.4 is 5.32 Å². The van der Waals surface area contributed by atoms with E-state index in [9.17, 15) is 21.6 Å². The number of aryl methyl sites for hydroxylation is 2. The minimum Gasteiger partial charge on any atom is -0.330 e. The first-order valence-electron chi connectivity index (χ1n) is 11.0. The van der Waals surface area contributed by atoms with Crippen LogP contribution >= 0.6 is 11.6 Å². The maximum atomic E-state index is 13.8. The Labute approximate surface area is 205 Å². The van der Waals surface area contributed by atoms with Crippen molar-refractivity contribution in [3.63, 3.8) is 0 Å². The first-order chi connectivity index (χ1) is 16.4. The standard InChI is InChI=1S/C21H23ClF3N7O2S/c1-12-9-16(22)31-8-3-13-10-26-20(28-17(13)18(12)31)27-15-11-32(29-19(15)21(23,24)25)14-4-6-30(7-5-14)35(2,33)34/h9-11,14H,3-8H2,1-2H3,(H,26,27,28). The summed E-state index contributed by atoms with van der Waals surface area (Å²) in [4.78, 5) is 8.76. The monoisotopic (exact) mass is 529 g/mol. The summed E-state index contributed by atoms with van der Waals surface area (Å²) < 4.78 is 69.4. The maximum Gasteiger partial charge on any atom is 0.437 e. The average Bonchev–Trinajstić information content (AvgIpc) is 3.34. The molecule has 0 aromatic carbocycles. The molecular formula is C21H23ClF3N7O2S. The summed E-state index contributed by atoms with van der Waals surface area (Å²) in [5.41, 5.74) is 1.93. The largest absolute Gasteiger partial charge is 0.437 e. The lowest BCUT2D eigenvalue weighted by molar-refractivity contribution is -0.141. The van der Waals surface area contributed by atoms with Crippen molar-refractivity contribution in [3.05, 3.63) is 40.4 Å². The molecule has 1 N–H and O–H groups in total. The molecule has 1 fully saturated rings. The molecule has 188 valence electrons. The van der Waals surface area contributed by atoms with Gasteiger partial charge in [0.05, 0.1) is 29.4 Å². The molecule has 9 nitrogen and oxygen atoms in total. The van der Waals surface area contributed by atoms with Crippen molar-refractivity contribution in [2.24, 2.45) is 0 Å². The number of halogens is 4. The number of nitrogens with one attached hydrogen (secondary N) is 1. The van der Waals surface area contributed by atoms with Gasteiger partial charge in [0.25, 0.3) is 0 Å². The van der Waals surface area contributed by atoms with E-state index >= 15 is 0 Å². The smallest absolute Gasteiger partial charge is 0.330 e. The quantitative estimate of drug-likeness (QED) is 0.548. The fourth-order valence-corrected chi connectivity index (χ4v) is 5.91. The number of hydrogen-bond donors (Lipinski definition) is 1. The molecule has 0 atom stereocenters. The lowest BCUT2D eigenvalue weighted by Gasteiger charge is -2.30. The molecule has 0 saturated carbocycles. The molecule has 0 aliphatic carbocycles. The topological polar surface area (TPSA) is 97.9 Å². The molecule has 1 saturated heterocycles. The first-order valence-corrected chi connectivity index (χ1v) is 13.2. The number of piperidine rings is 1. The van der Waals surface area contributed by atoms with Gasteiger partial charge in [0.15, 0.2) is 5.69 Å². The third kappa shape index (κ3) is 4.52. The number of alkyl halides is 3. The third-order valence-electron chi connectivity index (χ3n) is 6.44. The van der Waals surface area contributed by atoms with Crippen LogP contribution in [-0.2, 0) is 29.2 Å². The van der Waals surface area contributed by atoms with Gasteiger partial charge in [-0.15, -0.1) is 0 Å². The highest BCUT2D eigenvalue weighted by atomic mass is 35.5. The summed E-state index contributed by atoms with van der Waals surface area (Å²) in [5, 5.41) is 7.10. The lowest BCUT2D eigenvalue weighted by atomic mass is 10.0. The van der Waals surface area contributed by atoms with E-state index in [1.54, 1.807) is 6.20 Å². The van der Waals surface area contributed by atoms with Gasteiger partial charge in [-0.2, -0.15) is 18.3 Å². The van der Waals surface area contributed by atoms with Gasteiger partial charge in [-0.1, -0.05) is 11.6 Å². The fourth-order valence-electron chi connectivity index (χ4n) is 4.70. The van der Waals surface area contributed by atoms with E-state index in [4.69, 9.17) is 11.6 Å². The number of fused-ring (bicyclic) bond motifs is 3. The Kier molecular flexibility index (Phi) is 5.84. The van der Waals surface area contributed by atoms with Crippen molar-refractivity contribution in [3.8, 4) is 11.4 Å². The Hall–Kier alpha value is -2.64. The Balaban J connectivity index is 1.45. The van der Waals surface area contributed by atoms with Crippen LogP contribution in [0.1, 0.15) is 35.7 Å². The predicted octanol–water partition coefficient (Wildman–Crippen LogP) is 4.02. The zero-order chi connectivity index (χ0) is 25.1. The zero-order valence-corrected chi connectivity index (χ0v) is 20.5. The van der Waals surface area contributed by atoms with E-state index < -0.39 is 21.9 Å². The second-order valence-corrected chi connectivity index (χ2v) is 11.2. The Morgan fingerprint density at radius 2 is 1.91 bits per heavy atom. The van der Waals surface area contributed by atoms with Crippen LogP contribution in [0.15, 0.2) is 18.5 Å². The summed E-state index contributed by atoms with van der Waals surface area (Å²) in [6, 6.07) is 1.48. The molecule has 0 bridgehead atoms. The van der Waals surface area contributed by atoms with E-state index in [2.05, 4.69) is 20.4 Å². The normalized spacial score (nSPS) is 17.3. The highest BCUT2D eigenvalue weighted by Gasteiger charge is 2.39. The molecule has 3 aromatic rings. The van der Waals surface area contributed by atoms with Gasteiger partial charge >= 0.3 is 6.18 Å². The molecule has 35 heavy (non-hydrogen) atoms. The molecular weight excluding hydrogens is 507 g/mol. The lowest BCUT2D eigenvalue weighted by Crippen LogP contribution is -2.38. The molecule has 3 aromatic heterocycles. The molecule has 14 heteroatoms. The number of hydrogen-bond acceptors (Lipinski definition) is 6. The van der Waals surface area contributed by atoms with Crippen molar-refractivity contribution in [1.29, 1.82) is 0 Å². The van der Waals surface area contributed by atoms with E-state index in [0.29, 0.717) is 36.7 Å².